The Labute approximate surface area is 434 Å². The average Bonchev–Trinajstić information content (AvgIpc) is 3.27. The molecule has 0 heterocycles. The van der Waals surface area contributed by atoms with Crippen molar-refractivity contribution in [3.8, 4) is 0 Å². The second-order valence-corrected chi connectivity index (χ2v) is 17.4. The molecule has 2 aromatic carbocycles. The summed E-state index contributed by atoms with van der Waals surface area (Å²) in [6.07, 6.45) is 31.9. The van der Waals surface area contributed by atoms with Crippen LogP contribution in [0.25, 0.3) is 0 Å². The van der Waals surface area contributed by atoms with E-state index in [1.165, 1.54) is 128 Å². The Kier molecular flexibility index (Phi) is 45.3. The molecule has 65 heavy (non-hydrogen) atoms. The zero-order chi connectivity index (χ0) is 46.6. The van der Waals surface area contributed by atoms with Gasteiger partial charge in [0, 0.05) is 24.8 Å². The summed E-state index contributed by atoms with van der Waals surface area (Å²) in [7, 11) is 0. The molecule has 0 aromatic heterocycles. The summed E-state index contributed by atoms with van der Waals surface area (Å²) in [4.78, 5) is 46.0. The number of carbonyl (C=O) groups excluding carboxylic acids is 4. The molecule has 11 heteroatoms. The van der Waals surface area contributed by atoms with Crippen LogP contribution >= 0.6 is 0 Å². The maximum Gasteiger partial charge on any atom is 2.00 e. The van der Waals surface area contributed by atoms with E-state index in [1.54, 1.807) is 0 Å². The summed E-state index contributed by atoms with van der Waals surface area (Å²) >= 11 is 0. The Balaban J connectivity index is 0.00000124. The van der Waals surface area contributed by atoms with Gasteiger partial charge in [0.1, 0.15) is 25.4 Å². The first-order valence-electron chi connectivity index (χ1n) is 25.2. The molecule has 2 atom stereocenters. The van der Waals surface area contributed by atoms with E-state index in [2.05, 4.69) is 13.8 Å². The van der Waals surface area contributed by atoms with Crippen molar-refractivity contribution in [2.24, 2.45) is 0 Å². The SMILES string of the molecule is CCCCCCCCCCCCCCCC(CC(=O)[O-])OC(=O)COCc1ccccc1.CCCCCCCCCCCCCCCC(CC(=O)[O-])OC(=O)COCc1ccccc1.[Ba+2]. The third-order valence-electron chi connectivity index (χ3n) is 11.3. The fourth-order valence-corrected chi connectivity index (χ4v) is 7.65. The Bertz CT molecular complexity index is 1290. The van der Waals surface area contributed by atoms with Gasteiger partial charge in [0.15, 0.2) is 0 Å². The van der Waals surface area contributed by atoms with Crippen molar-refractivity contribution in [3.63, 3.8) is 0 Å². The second kappa shape index (κ2) is 46.9. The minimum Gasteiger partial charge on any atom is -0.550 e. The second-order valence-electron chi connectivity index (χ2n) is 17.4. The van der Waals surface area contributed by atoms with Crippen LogP contribution < -0.4 is 10.2 Å². The van der Waals surface area contributed by atoms with Gasteiger partial charge in [-0.05, 0) is 36.8 Å². The Hall–Kier alpha value is -2.19. The molecule has 0 saturated carbocycles. The van der Waals surface area contributed by atoms with Gasteiger partial charge in [-0.1, -0.05) is 229 Å². The van der Waals surface area contributed by atoms with Gasteiger partial charge in [0.05, 0.1) is 13.2 Å². The van der Waals surface area contributed by atoms with E-state index >= 15 is 0 Å². The Morgan fingerprint density at radius 2 is 0.677 bits per heavy atom. The summed E-state index contributed by atoms with van der Waals surface area (Å²) in [6, 6.07) is 19.1. The van der Waals surface area contributed by atoms with Gasteiger partial charge >= 0.3 is 60.8 Å². The fourth-order valence-electron chi connectivity index (χ4n) is 7.65. The molecule has 0 radical (unpaired) electrons. The summed E-state index contributed by atoms with van der Waals surface area (Å²) in [5.74, 6) is -3.44. The van der Waals surface area contributed by atoms with Gasteiger partial charge in [-0.15, -0.1) is 0 Å². The predicted octanol–water partition coefficient (Wildman–Crippen LogP) is 11.1. The molecule has 2 unspecified atom stereocenters. The fraction of sp³-hybridized carbons (Fsp3) is 0.704. The van der Waals surface area contributed by atoms with Crippen LogP contribution in [-0.4, -0.2) is 98.2 Å². The monoisotopic (exact) mass is 1030 g/mol. The van der Waals surface area contributed by atoms with Gasteiger partial charge < -0.3 is 38.7 Å². The van der Waals surface area contributed by atoms with Crippen molar-refractivity contribution >= 4 is 72.8 Å². The Morgan fingerprint density at radius 3 is 0.938 bits per heavy atom. The predicted molar refractivity (Wildman–Crippen MR) is 258 cm³/mol. The van der Waals surface area contributed by atoms with Crippen LogP contribution in [0.2, 0.25) is 0 Å². The maximum atomic E-state index is 12.0. The molecule has 0 saturated heterocycles. The van der Waals surface area contributed by atoms with Crippen LogP contribution in [0.1, 0.15) is 218 Å². The van der Waals surface area contributed by atoms with E-state index in [0.717, 1.165) is 49.7 Å². The molecule has 364 valence electrons. The molecule has 10 nitrogen and oxygen atoms in total. The first-order chi connectivity index (χ1) is 31.2. The topological polar surface area (TPSA) is 151 Å². The van der Waals surface area contributed by atoms with E-state index < -0.39 is 36.1 Å². The molecule has 0 fully saturated rings. The smallest absolute Gasteiger partial charge is 0.550 e. The van der Waals surface area contributed by atoms with E-state index in [-0.39, 0.29) is 74.9 Å². The standard InChI is InChI=1S/2C27H44O5.Ba/c2*1-2-3-4-5-6-7-8-9-10-11-12-13-17-20-25(21-26(28)29)32-27(30)23-31-22-24-18-15-14-16-19-24;/h2*14-16,18-19,25H,2-13,17,20-23H2,1H3,(H,28,29);/q;;+2/p-2. The molecule has 0 N–H and O–H groups in total. The van der Waals surface area contributed by atoms with Gasteiger partial charge in [-0.2, -0.15) is 0 Å². The molecule has 0 aliphatic rings. The third-order valence-corrected chi connectivity index (χ3v) is 11.3. The molecule has 2 rings (SSSR count). The number of aliphatic carboxylic acids is 2. The van der Waals surface area contributed by atoms with E-state index in [1.807, 2.05) is 60.7 Å². The minimum absolute atomic E-state index is 0. The van der Waals surface area contributed by atoms with Crippen molar-refractivity contribution in [1.29, 1.82) is 0 Å². The average molecular weight is 1030 g/mol. The van der Waals surface area contributed by atoms with Gasteiger partial charge in [0.2, 0.25) is 0 Å². The number of esters is 2. The van der Waals surface area contributed by atoms with Gasteiger partial charge in [0.25, 0.3) is 0 Å². The normalized spacial score (nSPS) is 11.7. The summed E-state index contributed by atoms with van der Waals surface area (Å²) in [5, 5.41) is 22.0. The van der Waals surface area contributed by atoms with Crippen LogP contribution in [0.15, 0.2) is 60.7 Å². The van der Waals surface area contributed by atoms with Crippen molar-refractivity contribution < 1.29 is 48.3 Å². The van der Waals surface area contributed by atoms with Crippen molar-refractivity contribution in [2.75, 3.05) is 13.2 Å². The molecular weight excluding hydrogens is 946 g/mol. The molecule has 0 spiro atoms. The van der Waals surface area contributed by atoms with Crippen LogP contribution in [0, 0.1) is 0 Å². The van der Waals surface area contributed by atoms with Crippen molar-refractivity contribution in [2.45, 2.75) is 232 Å². The zero-order valence-electron chi connectivity index (χ0n) is 40.8. The molecular formula is C54H86BaO10. The third kappa shape index (κ3) is 42.9. The van der Waals surface area contributed by atoms with Gasteiger partial charge in [-0.25, -0.2) is 9.59 Å². The molecule has 0 bridgehead atoms. The van der Waals surface area contributed by atoms with E-state index in [9.17, 15) is 29.4 Å². The molecule has 0 amide bonds. The number of rotatable bonds is 42. The van der Waals surface area contributed by atoms with Crippen molar-refractivity contribution in [3.05, 3.63) is 71.8 Å². The number of hydrogen-bond donors (Lipinski definition) is 0. The number of carboxylic acid groups (broad SMARTS) is 2. The summed E-state index contributed by atoms with van der Waals surface area (Å²) in [6.45, 7) is 4.77. The van der Waals surface area contributed by atoms with Crippen LogP contribution in [0.5, 0.6) is 0 Å². The van der Waals surface area contributed by atoms with Crippen LogP contribution in [0.4, 0.5) is 0 Å². The number of benzene rings is 2. The molecule has 2 aromatic rings. The van der Waals surface area contributed by atoms with Crippen LogP contribution in [0.3, 0.4) is 0 Å². The minimum atomic E-state index is -1.19. The van der Waals surface area contributed by atoms with Gasteiger partial charge in [-0.3, -0.25) is 0 Å². The molecule has 0 aliphatic heterocycles. The maximum absolute atomic E-state index is 12.0. The summed E-state index contributed by atoms with van der Waals surface area (Å²) in [5.41, 5.74) is 1.94. The zero-order valence-corrected chi connectivity index (χ0v) is 45.2. The number of hydrogen-bond acceptors (Lipinski definition) is 10. The van der Waals surface area contributed by atoms with Crippen molar-refractivity contribution in [1.82, 2.24) is 0 Å². The van der Waals surface area contributed by atoms with E-state index in [0.29, 0.717) is 26.1 Å². The number of carbonyl (C=O) groups is 4. The Morgan fingerprint density at radius 1 is 0.415 bits per heavy atom. The van der Waals surface area contributed by atoms with E-state index in [4.69, 9.17) is 18.9 Å². The first-order valence-corrected chi connectivity index (χ1v) is 25.2. The summed E-state index contributed by atoms with van der Waals surface area (Å²) < 4.78 is 21.4. The quantitative estimate of drug-likeness (QED) is 0.0357. The largest absolute Gasteiger partial charge is 2.00 e. The number of unbranched alkanes of at least 4 members (excludes halogenated alkanes) is 24. The first kappa shape index (κ1) is 62.8. The van der Waals surface area contributed by atoms with Crippen LogP contribution in [-0.2, 0) is 51.3 Å². The number of carboxylic acids is 2. The molecule has 0 aliphatic carbocycles. The number of ether oxygens (including phenoxy) is 4.